The van der Waals surface area contributed by atoms with Crippen LogP contribution in [0, 0.1) is 0 Å². The van der Waals surface area contributed by atoms with Gasteiger partial charge in [0.15, 0.2) is 32.3 Å². The maximum atomic E-state index is 2.74. The van der Waals surface area contributed by atoms with E-state index in [1.54, 1.807) is 0 Å². The normalized spacial score (nSPS) is 12.5. The van der Waals surface area contributed by atoms with Crippen molar-refractivity contribution in [2.75, 3.05) is 9.80 Å². The van der Waals surface area contributed by atoms with Gasteiger partial charge >= 0.3 is 0 Å². The third kappa shape index (κ3) is 11.7. The predicted molar refractivity (Wildman–Crippen MR) is 529 cm³/mol. The summed E-state index contributed by atoms with van der Waals surface area (Å²) in [5, 5.41) is 23.3. The maximum absolute atomic E-state index is 3.43. The monoisotopic (exact) mass is 1620 g/mol. The van der Waals surface area contributed by atoms with Crippen LogP contribution in [0.4, 0.5) is 34.1 Å². The van der Waals surface area contributed by atoms with Crippen LogP contribution in [0.25, 0.3) is 27.5 Å². The minimum Gasteiger partial charge on any atom is -0.311 e. The van der Waals surface area contributed by atoms with Crippen LogP contribution >= 0.6 is 0 Å². The summed E-state index contributed by atoms with van der Waals surface area (Å²) >= 11 is 0. The summed E-state index contributed by atoms with van der Waals surface area (Å²) in [5.74, 6) is 0. The first-order chi connectivity index (χ1) is 60.5. The van der Waals surface area contributed by atoms with E-state index in [0.29, 0.717) is 0 Å². The fraction of sp³-hybridized carbons (Fsp3) is 0. The lowest BCUT2D eigenvalue weighted by molar-refractivity contribution is 1.16. The van der Waals surface area contributed by atoms with Crippen LogP contribution in [-0.4, -0.2) is 43.6 Å². The number of hydrogen-bond acceptors (Lipinski definition) is 2. The fourth-order valence-electron chi connectivity index (χ4n) is 21.4. The molecule has 0 saturated heterocycles. The summed E-state index contributed by atoms with van der Waals surface area (Å²) in [4.78, 5) is 5.47. The Morgan fingerprint density at radius 1 is 0.156 bits per heavy atom. The number of nitrogens with zero attached hydrogens (tertiary/aromatic N) is 3. The van der Waals surface area contributed by atoms with Gasteiger partial charge in [-0.15, -0.1) is 0 Å². The number of aromatic nitrogens is 1. The zero-order valence-electron chi connectivity index (χ0n) is 67.4. The summed E-state index contributed by atoms with van der Waals surface area (Å²) in [6, 6.07) is 197. The van der Waals surface area contributed by atoms with Gasteiger partial charge in [0.1, 0.15) is 0 Å². The molecule has 3 nitrogen and oxygen atoms in total. The van der Waals surface area contributed by atoms with Crippen molar-refractivity contribution in [2.24, 2.45) is 0 Å². The average Bonchev–Trinajstić information content (AvgIpc) is 0.864. The van der Waals surface area contributed by atoms with Gasteiger partial charge in [-0.2, -0.15) is 0 Å². The van der Waals surface area contributed by atoms with Gasteiger partial charge in [0, 0.05) is 44.9 Å². The predicted octanol–water partition coefficient (Wildman–Crippen LogP) is 14.4. The van der Waals surface area contributed by atoms with E-state index in [0.717, 1.165) is 50.8 Å². The highest BCUT2D eigenvalue weighted by Gasteiger charge is 2.51. The Morgan fingerprint density at radius 3 is 0.582 bits per heavy atom. The Hall–Kier alpha value is -14.5. The fourth-order valence-corrected chi connectivity index (χ4v) is 40.9. The first-order valence-corrected chi connectivity index (χ1v) is 50.5. The van der Waals surface area contributed by atoms with E-state index in [2.05, 4.69) is 524 Å². The summed E-state index contributed by atoms with van der Waals surface area (Å²) in [7, 11) is -13.7. The molecule has 0 aliphatic carbocycles. The minimum absolute atomic E-state index is 0.229. The van der Waals surface area contributed by atoms with Gasteiger partial charge in [0.2, 0.25) is 0 Å². The van der Waals surface area contributed by atoms with Crippen LogP contribution in [-0.2, 0) is 0 Å². The van der Waals surface area contributed by atoms with Gasteiger partial charge in [-0.25, -0.2) is 0 Å². The van der Waals surface area contributed by atoms with Gasteiger partial charge in [0.25, 0.3) is 6.71 Å². The van der Waals surface area contributed by atoms with Crippen LogP contribution in [0.3, 0.4) is 0 Å². The molecule has 122 heavy (non-hydrogen) atoms. The zero-order valence-corrected chi connectivity index (χ0v) is 71.4. The third-order valence-corrected chi connectivity index (χ3v) is 45.3. The highest BCUT2D eigenvalue weighted by Crippen LogP contribution is 2.47. The molecule has 2 aliphatic heterocycles. The SMILES string of the molecule is c1ccc([Si](c2ccccc2)(c2ccccc2)c2cc(N3c4ccccc4B4c5ccccc5N(c5cc([Si](c6ccccc6)(c6ccccc6)c6ccccc6)cc([Si](c6ccccc6)(c6ccccc6)c6ccccc6)c5)c5cc(-n6c7ccccc7c7ccccc76)cc3c54)cc([Si](c3ccccc3)(c3ccccc3)c3ccccc3)c2)cc1. The van der Waals surface area contributed by atoms with Gasteiger partial charge in [-0.3, -0.25) is 0 Å². The minimum atomic E-state index is -3.43. The first-order valence-electron chi connectivity index (χ1n) is 42.5. The van der Waals surface area contributed by atoms with Crippen molar-refractivity contribution < 1.29 is 0 Å². The molecule has 574 valence electrons. The molecule has 0 amide bonds. The standard InChI is InChI=1S/C114H84BN3Si4/c1-13-45-88(46-14-1)119(89-47-15-2-16-48-89,90-49-17-3-18-50-90)100-77-85(78-101(83-100)120(91-51-19-4-20-52-91,92-53-21-5-22-54-92)93-55-23-6-24-56-93)117-110-75-43-39-71-106(110)115-107-72-40-44-76-111(107)118(113-82-87(81-112(117)114(113)115)116-108-73-41-37-69-104(108)105-70-38-42-74-109(105)116)86-79-102(121(94-57-25-7-26-58-94,95-59-27-8-28-60-95)96-61-29-9-30-62-96)84-103(80-86)122(97-63-31-10-32-64-97,98-65-33-11-34-66-98)99-67-35-12-36-68-99/h1-84H. The summed E-state index contributed by atoms with van der Waals surface area (Å²) < 4.78 is 2.57. The molecule has 19 aromatic carbocycles. The number of benzene rings is 19. The van der Waals surface area contributed by atoms with Crippen molar-refractivity contribution in [2.45, 2.75) is 0 Å². The van der Waals surface area contributed by atoms with Crippen LogP contribution < -0.4 is 109 Å². The van der Waals surface area contributed by atoms with E-state index in [-0.39, 0.29) is 6.71 Å². The Balaban J connectivity index is 0.929. The molecule has 8 heteroatoms. The van der Waals surface area contributed by atoms with E-state index in [9.17, 15) is 0 Å². The Bertz CT molecular complexity index is 6080. The zero-order chi connectivity index (χ0) is 81.0. The quantitative estimate of drug-likeness (QED) is 0.0590. The molecule has 0 spiro atoms. The maximum Gasteiger partial charge on any atom is 0.252 e. The van der Waals surface area contributed by atoms with E-state index in [1.165, 1.54) is 110 Å². The van der Waals surface area contributed by atoms with E-state index < -0.39 is 32.3 Å². The van der Waals surface area contributed by atoms with Crippen LogP contribution in [0.2, 0.25) is 0 Å². The molecule has 1 aromatic heterocycles. The van der Waals surface area contributed by atoms with E-state index in [4.69, 9.17) is 0 Å². The van der Waals surface area contributed by atoms with E-state index in [1.807, 2.05) is 0 Å². The Kier molecular flexibility index (Phi) is 18.8. The second-order valence-corrected chi connectivity index (χ2v) is 47.7. The van der Waals surface area contributed by atoms with Crippen molar-refractivity contribution in [3.05, 3.63) is 510 Å². The topological polar surface area (TPSA) is 11.4 Å². The van der Waals surface area contributed by atoms with Crippen molar-refractivity contribution in [1.29, 1.82) is 0 Å². The molecule has 0 atom stereocenters. The Morgan fingerprint density at radius 2 is 0.352 bits per heavy atom. The summed E-state index contributed by atoms with van der Waals surface area (Å²) in [6.45, 7) is -0.229. The molecule has 0 unspecified atom stereocenters. The number of rotatable bonds is 19. The van der Waals surface area contributed by atoms with Crippen molar-refractivity contribution in [1.82, 2.24) is 4.57 Å². The molecular formula is C114H84BN3Si4. The number of para-hydroxylation sites is 4. The molecule has 22 rings (SSSR count). The number of anilines is 6. The molecule has 3 heterocycles. The van der Waals surface area contributed by atoms with Gasteiger partial charge in [0.05, 0.1) is 16.7 Å². The lowest BCUT2D eigenvalue weighted by atomic mass is 9.33. The molecule has 0 bridgehead atoms. The second-order valence-electron chi connectivity index (χ2n) is 32.4. The molecule has 0 saturated carbocycles. The van der Waals surface area contributed by atoms with Gasteiger partial charge in [-0.05, 0) is 160 Å². The average molecular weight is 1620 g/mol. The largest absolute Gasteiger partial charge is 0.311 e. The molecule has 0 fully saturated rings. The van der Waals surface area contributed by atoms with Crippen molar-refractivity contribution in [3.63, 3.8) is 0 Å². The first kappa shape index (κ1) is 73.9. The number of hydrogen-bond donors (Lipinski definition) is 0. The molecule has 20 aromatic rings. The molecule has 0 N–H and O–H groups in total. The molecule has 2 aliphatic rings. The highest BCUT2D eigenvalue weighted by atomic mass is 28.3. The molecular weight excluding hydrogens is 1530 g/mol. The third-order valence-electron chi connectivity index (χ3n) is 26.3. The van der Waals surface area contributed by atoms with Gasteiger partial charge < -0.3 is 14.4 Å². The summed E-state index contributed by atoms with van der Waals surface area (Å²) in [5.41, 5.74) is 13.7. The smallest absolute Gasteiger partial charge is 0.252 e. The lowest BCUT2D eigenvalue weighted by Crippen LogP contribution is -2.78. The highest BCUT2D eigenvalue weighted by molar-refractivity contribution is 7.23. The lowest BCUT2D eigenvalue weighted by Gasteiger charge is -2.46. The molecule has 0 radical (unpaired) electrons. The van der Waals surface area contributed by atoms with Crippen LogP contribution in [0.15, 0.2) is 510 Å². The summed E-state index contributed by atoms with van der Waals surface area (Å²) in [6.07, 6.45) is 0. The van der Waals surface area contributed by atoms with E-state index >= 15 is 0 Å². The van der Waals surface area contributed by atoms with Gasteiger partial charge in [-0.1, -0.05) is 449 Å². The second kappa shape index (κ2) is 31.0. The Labute approximate surface area is 718 Å². The van der Waals surface area contributed by atoms with Crippen molar-refractivity contribution >= 4 is 194 Å². The van der Waals surface area contributed by atoms with Crippen LogP contribution in [0.1, 0.15) is 0 Å². The van der Waals surface area contributed by atoms with Crippen LogP contribution in [0.5, 0.6) is 0 Å². The number of fused-ring (bicyclic) bond motifs is 7. The van der Waals surface area contributed by atoms with Crippen molar-refractivity contribution in [3.8, 4) is 5.69 Å².